The lowest BCUT2D eigenvalue weighted by molar-refractivity contribution is 0.203. The van der Waals surface area contributed by atoms with Gasteiger partial charge >= 0.3 is 0 Å². The average Bonchev–Trinajstić information content (AvgIpc) is 2.35. The minimum absolute atomic E-state index is 0.365. The normalized spacial score (nSPS) is 12.4. The van der Waals surface area contributed by atoms with Gasteiger partial charge in [0.1, 0.15) is 5.82 Å². The van der Waals surface area contributed by atoms with Crippen LogP contribution in [0.15, 0.2) is 51.8 Å². The molecule has 100 valence electrons. The average molecular weight is 362 g/mol. The molecule has 1 atom stereocenters. The summed E-state index contributed by atoms with van der Waals surface area (Å²) in [6.07, 6.45) is -0.726. The highest BCUT2D eigenvalue weighted by Gasteiger charge is 2.10. The number of aliphatic hydroxyl groups is 1. The van der Waals surface area contributed by atoms with Crippen LogP contribution in [0.25, 0.3) is 0 Å². The van der Waals surface area contributed by atoms with Crippen LogP contribution >= 0.6 is 39.3 Å². The van der Waals surface area contributed by atoms with Crippen molar-refractivity contribution in [3.8, 4) is 0 Å². The van der Waals surface area contributed by atoms with Crippen molar-refractivity contribution in [2.75, 3.05) is 5.75 Å². The highest BCUT2D eigenvalue weighted by molar-refractivity contribution is 9.10. The molecule has 2 aromatic rings. The summed E-state index contributed by atoms with van der Waals surface area (Å²) < 4.78 is 13.9. The monoisotopic (exact) mass is 360 g/mol. The fourth-order valence-electron chi connectivity index (χ4n) is 1.60. The predicted molar refractivity (Wildman–Crippen MR) is 81.2 cm³/mol. The molecule has 1 unspecified atom stereocenters. The molecule has 0 aliphatic rings. The number of benzene rings is 2. The van der Waals surface area contributed by atoms with Gasteiger partial charge in [0.25, 0.3) is 0 Å². The minimum Gasteiger partial charge on any atom is -0.388 e. The summed E-state index contributed by atoms with van der Waals surface area (Å²) in [7, 11) is 0. The molecule has 0 saturated carbocycles. The van der Waals surface area contributed by atoms with Crippen LogP contribution in [0.1, 0.15) is 11.7 Å². The Morgan fingerprint density at radius 1 is 1.26 bits per heavy atom. The SMILES string of the molecule is OC(CSc1cccc(Cl)c1)c1cc(F)cc(Br)c1. The Kier molecular flexibility index (Phi) is 5.28. The summed E-state index contributed by atoms with van der Waals surface area (Å²) in [4.78, 5) is 0.974. The molecule has 1 N–H and O–H groups in total. The fraction of sp³-hybridized carbons (Fsp3) is 0.143. The van der Waals surface area contributed by atoms with Gasteiger partial charge in [-0.1, -0.05) is 33.6 Å². The third kappa shape index (κ3) is 4.49. The Hall–Kier alpha value is -0.550. The lowest BCUT2D eigenvalue weighted by atomic mass is 10.1. The van der Waals surface area contributed by atoms with Crippen LogP contribution in [0.3, 0.4) is 0 Å². The second kappa shape index (κ2) is 6.75. The van der Waals surface area contributed by atoms with Crippen LogP contribution in [0.4, 0.5) is 4.39 Å². The predicted octanol–water partition coefficient (Wildman–Crippen LogP) is 5.07. The van der Waals surface area contributed by atoms with Crippen molar-refractivity contribution in [2.45, 2.75) is 11.0 Å². The third-order valence-corrected chi connectivity index (χ3v) is 4.24. The molecule has 0 bridgehead atoms. The molecule has 5 heteroatoms. The summed E-state index contributed by atoms with van der Waals surface area (Å²) in [5, 5.41) is 10.7. The number of rotatable bonds is 4. The zero-order chi connectivity index (χ0) is 13.8. The van der Waals surface area contributed by atoms with Crippen molar-refractivity contribution in [1.82, 2.24) is 0 Å². The number of hydrogen-bond donors (Lipinski definition) is 1. The number of thioether (sulfide) groups is 1. The fourth-order valence-corrected chi connectivity index (χ4v) is 3.26. The minimum atomic E-state index is -0.726. The molecular weight excluding hydrogens is 351 g/mol. The summed E-state index contributed by atoms with van der Waals surface area (Å²) in [6, 6.07) is 11.8. The zero-order valence-electron chi connectivity index (χ0n) is 9.82. The molecule has 1 nitrogen and oxygen atoms in total. The van der Waals surface area contributed by atoms with Gasteiger partial charge < -0.3 is 5.11 Å². The van der Waals surface area contributed by atoms with E-state index < -0.39 is 6.10 Å². The first-order valence-corrected chi connectivity index (χ1v) is 7.72. The van der Waals surface area contributed by atoms with Crippen molar-refractivity contribution in [1.29, 1.82) is 0 Å². The maximum Gasteiger partial charge on any atom is 0.124 e. The lowest BCUT2D eigenvalue weighted by Crippen LogP contribution is -2.01. The van der Waals surface area contributed by atoms with Crippen molar-refractivity contribution in [3.05, 3.63) is 63.3 Å². The largest absolute Gasteiger partial charge is 0.388 e. The van der Waals surface area contributed by atoms with Crippen LogP contribution in [-0.4, -0.2) is 10.9 Å². The summed E-state index contributed by atoms with van der Waals surface area (Å²) in [6.45, 7) is 0. The Labute approximate surface area is 128 Å². The van der Waals surface area contributed by atoms with Crippen LogP contribution < -0.4 is 0 Å². The van der Waals surface area contributed by atoms with E-state index in [0.717, 1.165) is 4.90 Å². The quantitative estimate of drug-likeness (QED) is 0.767. The van der Waals surface area contributed by atoms with Crippen LogP contribution in [0.2, 0.25) is 5.02 Å². The van der Waals surface area contributed by atoms with Crippen LogP contribution in [0, 0.1) is 5.82 Å². The van der Waals surface area contributed by atoms with Gasteiger partial charge in [-0.2, -0.15) is 0 Å². The van der Waals surface area contributed by atoms with Crippen LogP contribution in [0.5, 0.6) is 0 Å². The van der Waals surface area contributed by atoms with E-state index >= 15 is 0 Å². The molecule has 0 saturated heterocycles. The third-order valence-electron chi connectivity index (χ3n) is 2.47. The van der Waals surface area contributed by atoms with Gasteiger partial charge in [-0.25, -0.2) is 4.39 Å². The molecule has 0 spiro atoms. The molecule has 0 aliphatic carbocycles. The first-order chi connectivity index (χ1) is 9.04. The van der Waals surface area contributed by atoms with Gasteiger partial charge in [-0.3, -0.25) is 0 Å². The summed E-state index contributed by atoms with van der Waals surface area (Å²) in [5.41, 5.74) is 0.557. The Bertz CT molecular complexity index is 559. The Morgan fingerprint density at radius 2 is 2.05 bits per heavy atom. The Balaban J connectivity index is 2.03. The van der Waals surface area contributed by atoms with E-state index in [0.29, 0.717) is 20.8 Å². The van der Waals surface area contributed by atoms with E-state index in [1.165, 1.54) is 23.9 Å². The number of hydrogen-bond acceptors (Lipinski definition) is 2. The standard InChI is InChI=1S/C14H11BrClFOS/c15-10-4-9(5-12(17)6-10)14(18)8-19-13-3-1-2-11(16)7-13/h1-7,14,18H,8H2. The van der Waals surface area contributed by atoms with Gasteiger partial charge in [0.05, 0.1) is 6.10 Å². The summed E-state index contributed by atoms with van der Waals surface area (Å²) in [5.74, 6) is 0.0761. The molecule has 19 heavy (non-hydrogen) atoms. The second-order valence-electron chi connectivity index (χ2n) is 3.99. The molecule has 0 aliphatic heterocycles. The van der Waals surface area contributed by atoms with Crippen LogP contribution in [-0.2, 0) is 0 Å². The number of aliphatic hydroxyl groups excluding tert-OH is 1. The zero-order valence-corrected chi connectivity index (χ0v) is 13.0. The number of halogens is 3. The van der Waals surface area contributed by atoms with E-state index in [9.17, 15) is 9.50 Å². The van der Waals surface area contributed by atoms with E-state index in [-0.39, 0.29) is 5.82 Å². The van der Waals surface area contributed by atoms with E-state index in [4.69, 9.17) is 11.6 Å². The van der Waals surface area contributed by atoms with Crippen molar-refractivity contribution >= 4 is 39.3 Å². The van der Waals surface area contributed by atoms with Gasteiger partial charge in [-0.05, 0) is 42.0 Å². The Morgan fingerprint density at radius 3 is 2.74 bits per heavy atom. The molecule has 0 aromatic heterocycles. The smallest absolute Gasteiger partial charge is 0.124 e. The van der Waals surface area contributed by atoms with E-state index in [2.05, 4.69) is 15.9 Å². The first kappa shape index (κ1) is 14.9. The molecular formula is C14H11BrClFOS. The second-order valence-corrected chi connectivity index (χ2v) is 6.43. The van der Waals surface area contributed by atoms with Crippen molar-refractivity contribution in [3.63, 3.8) is 0 Å². The van der Waals surface area contributed by atoms with Gasteiger partial charge in [0, 0.05) is 20.1 Å². The molecule has 0 heterocycles. The van der Waals surface area contributed by atoms with Gasteiger partial charge in [-0.15, -0.1) is 11.8 Å². The van der Waals surface area contributed by atoms with Crippen molar-refractivity contribution in [2.24, 2.45) is 0 Å². The molecule has 2 rings (SSSR count). The lowest BCUT2D eigenvalue weighted by Gasteiger charge is -2.11. The highest BCUT2D eigenvalue weighted by Crippen LogP contribution is 2.28. The van der Waals surface area contributed by atoms with E-state index in [1.807, 2.05) is 18.2 Å². The van der Waals surface area contributed by atoms with Crippen molar-refractivity contribution < 1.29 is 9.50 Å². The van der Waals surface area contributed by atoms with Gasteiger partial charge in [0.15, 0.2) is 0 Å². The maximum atomic E-state index is 13.2. The molecule has 0 amide bonds. The van der Waals surface area contributed by atoms with E-state index in [1.54, 1.807) is 12.1 Å². The maximum absolute atomic E-state index is 13.2. The topological polar surface area (TPSA) is 20.2 Å². The molecule has 2 aromatic carbocycles. The molecule has 0 radical (unpaired) electrons. The highest BCUT2D eigenvalue weighted by atomic mass is 79.9. The summed E-state index contributed by atoms with van der Waals surface area (Å²) >= 11 is 10.6. The molecule has 0 fully saturated rings. The first-order valence-electron chi connectivity index (χ1n) is 5.57. The van der Waals surface area contributed by atoms with Gasteiger partial charge in [0.2, 0.25) is 0 Å².